The summed E-state index contributed by atoms with van der Waals surface area (Å²) in [5.74, 6) is 0.248. The molecule has 1 aromatic carbocycles. The lowest BCUT2D eigenvalue weighted by Crippen LogP contribution is -2.00. The average Bonchev–Trinajstić information content (AvgIpc) is 3.23. The molecule has 3 rings (SSSR count). The van der Waals surface area contributed by atoms with Crippen LogP contribution in [0.4, 0.5) is 5.69 Å². The second-order valence-electron chi connectivity index (χ2n) is 4.34. The van der Waals surface area contributed by atoms with E-state index in [1.807, 2.05) is 30.3 Å². The molecule has 0 bridgehead atoms. The van der Waals surface area contributed by atoms with Gasteiger partial charge in [0.15, 0.2) is 0 Å². The minimum absolute atomic E-state index is 0.248. The molecular weight excluding hydrogens is 282 g/mol. The van der Waals surface area contributed by atoms with Gasteiger partial charge in [0.1, 0.15) is 24.3 Å². The number of H-pyrrole nitrogens is 1. The highest BCUT2D eigenvalue weighted by Crippen LogP contribution is 2.12. The fourth-order valence-electron chi connectivity index (χ4n) is 1.79. The zero-order chi connectivity index (χ0) is 15.2. The highest BCUT2D eigenvalue weighted by Gasteiger charge is 2.05. The van der Waals surface area contributed by atoms with Gasteiger partial charge < -0.3 is 5.32 Å². The van der Waals surface area contributed by atoms with Gasteiger partial charge in [0.25, 0.3) is 0 Å². The van der Waals surface area contributed by atoms with Crippen molar-refractivity contribution in [3.63, 3.8) is 0 Å². The van der Waals surface area contributed by atoms with Crippen LogP contribution in [-0.4, -0.2) is 35.4 Å². The Morgan fingerprint density at radius 1 is 1.36 bits per heavy atom. The normalized spacial score (nSPS) is 11.1. The fraction of sp³-hybridized carbons (Fsp3) is 0.0769. The maximum Gasteiger partial charge on any atom is 0.216 e. The Bertz CT molecular complexity index is 779. The van der Waals surface area contributed by atoms with E-state index in [0.717, 1.165) is 11.3 Å². The van der Waals surface area contributed by atoms with Crippen molar-refractivity contribution in [2.45, 2.75) is 6.54 Å². The molecule has 3 aromatic rings. The lowest BCUT2D eigenvalue weighted by molar-refractivity contribution is 0.685. The summed E-state index contributed by atoms with van der Waals surface area (Å²) in [4.78, 5) is 3.90. The molecule has 0 aliphatic heterocycles. The number of aromatic amines is 1. The standard InChI is InChI=1S/C13H11N9/c14-5-11(13-18-20-21-19-13)6-16-12-3-1-10(2-4-12)7-22-9-15-8-17-22/h1-4,6,8-9,16H,7H2,(H,18,19,20,21). The second-order valence-corrected chi connectivity index (χ2v) is 4.34. The van der Waals surface area contributed by atoms with E-state index < -0.39 is 0 Å². The van der Waals surface area contributed by atoms with Crippen LogP contribution in [0.1, 0.15) is 11.4 Å². The molecule has 9 nitrogen and oxygen atoms in total. The summed E-state index contributed by atoms with van der Waals surface area (Å²) in [5, 5.41) is 29.4. The summed E-state index contributed by atoms with van der Waals surface area (Å²) < 4.78 is 1.74. The van der Waals surface area contributed by atoms with Crippen LogP contribution in [-0.2, 0) is 6.54 Å². The lowest BCUT2D eigenvalue weighted by Gasteiger charge is -2.04. The Balaban J connectivity index is 1.67. The van der Waals surface area contributed by atoms with E-state index >= 15 is 0 Å². The number of anilines is 1. The Morgan fingerprint density at radius 3 is 2.86 bits per heavy atom. The first-order chi connectivity index (χ1) is 10.8. The molecule has 0 spiro atoms. The molecule has 0 saturated carbocycles. The molecule has 9 heteroatoms. The van der Waals surface area contributed by atoms with E-state index in [1.165, 1.54) is 12.5 Å². The van der Waals surface area contributed by atoms with Crippen LogP contribution in [0.25, 0.3) is 5.57 Å². The zero-order valence-electron chi connectivity index (χ0n) is 11.4. The molecule has 0 atom stereocenters. The Morgan fingerprint density at radius 2 is 2.23 bits per heavy atom. The first-order valence-electron chi connectivity index (χ1n) is 6.37. The van der Waals surface area contributed by atoms with Crippen LogP contribution in [0.5, 0.6) is 0 Å². The third-order valence-corrected chi connectivity index (χ3v) is 2.85. The summed E-state index contributed by atoms with van der Waals surface area (Å²) >= 11 is 0. The third-order valence-electron chi connectivity index (χ3n) is 2.85. The van der Waals surface area contributed by atoms with Crippen LogP contribution in [0.3, 0.4) is 0 Å². The quantitative estimate of drug-likeness (QED) is 0.668. The Hall–Kier alpha value is -3.54. The van der Waals surface area contributed by atoms with E-state index in [4.69, 9.17) is 5.26 Å². The molecule has 0 saturated heterocycles. The third kappa shape index (κ3) is 3.13. The molecule has 0 aliphatic rings. The van der Waals surface area contributed by atoms with Gasteiger partial charge in [-0.2, -0.15) is 15.6 Å². The minimum Gasteiger partial charge on any atom is -0.360 e. The summed E-state index contributed by atoms with van der Waals surface area (Å²) in [6, 6.07) is 9.77. The first kappa shape index (κ1) is 13.4. The number of tetrazole rings is 1. The van der Waals surface area contributed by atoms with Crippen molar-refractivity contribution < 1.29 is 0 Å². The number of hydrogen-bond acceptors (Lipinski definition) is 7. The van der Waals surface area contributed by atoms with Crippen LogP contribution in [0, 0.1) is 11.3 Å². The number of nitrogens with zero attached hydrogens (tertiary/aromatic N) is 7. The molecule has 108 valence electrons. The monoisotopic (exact) mass is 293 g/mol. The Labute approximate surface area is 125 Å². The number of allylic oxidation sites excluding steroid dienone is 1. The largest absolute Gasteiger partial charge is 0.360 e. The molecule has 0 radical (unpaired) electrons. The second kappa shape index (κ2) is 6.27. The summed E-state index contributed by atoms with van der Waals surface area (Å²) in [6.07, 6.45) is 4.71. The van der Waals surface area contributed by atoms with Crippen molar-refractivity contribution in [3.05, 3.63) is 54.5 Å². The van der Waals surface area contributed by atoms with Gasteiger partial charge in [-0.1, -0.05) is 12.1 Å². The van der Waals surface area contributed by atoms with Crippen molar-refractivity contribution in [3.8, 4) is 6.07 Å². The molecule has 0 unspecified atom stereocenters. The number of nitrogens with one attached hydrogen (secondary N) is 2. The maximum atomic E-state index is 9.07. The van der Waals surface area contributed by atoms with E-state index in [-0.39, 0.29) is 5.82 Å². The van der Waals surface area contributed by atoms with Crippen molar-refractivity contribution in [2.24, 2.45) is 0 Å². The van der Waals surface area contributed by atoms with Crippen molar-refractivity contribution in [1.29, 1.82) is 5.26 Å². The van der Waals surface area contributed by atoms with E-state index in [9.17, 15) is 0 Å². The number of hydrogen-bond donors (Lipinski definition) is 2. The van der Waals surface area contributed by atoms with Gasteiger partial charge in [0, 0.05) is 11.9 Å². The van der Waals surface area contributed by atoms with Gasteiger partial charge in [-0.3, -0.25) is 0 Å². The average molecular weight is 293 g/mol. The smallest absolute Gasteiger partial charge is 0.216 e. The number of benzene rings is 1. The first-order valence-corrected chi connectivity index (χ1v) is 6.37. The van der Waals surface area contributed by atoms with Crippen molar-refractivity contribution in [1.82, 2.24) is 35.4 Å². The lowest BCUT2D eigenvalue weighted by atomic mass is 10.2. The van der Waals surface area contributed by atoms with Gasteiger partial charge in [-0.05, 0) is 22.9 Å². The van der Waals surface area contributed by atoms with E-state index in [2.05, 4.69) is 36.0 Å². The van der Waals surface area contributed by atoms with Gasteiger partial charge in [-0.25, -0.2) is 9.67 Å². The molecule has 0 fully saturated rings. The van der Waals surface area contributed by atoms with E-state index in [0.29, 0.717) is 12.1 Å². The molecule has 2 N–H and O–H groups in total. The van der Waals surface area contributed by atoms with Crippen LogP contribution in [0.2, 0.25) is 0 Å². The van der Waals surface area contributed by atoms with Gasteiger partial charge >= 0.3 is 0 Å². The fourth-order valence-corrected chi connectivity index (χ4v) is 1.79. The van der Waals surface area contributed by atoms with Crippen molar-refractivity contribution >= 4 is 11.3 Å². The molecule has 2 aromatic heterocycles. The van der Waals surface area contributed by atoms with Gasteiger partial charge in [0.2, 0.25) is 5.82 Å². The van der Waals surface area contributed by atoms with Gasteiger partial charge in [0.05, 0.1) is 6.54 Å². The van der Waals surface area contributed by atoms with E-state index in [1.54, 1.807) is 11.0 Å². The molecular formula is C13H11N9. The topological polar surface area (TPSA) is 121 Å². The molecule has 0 amide bonds. The molecule has 22 heavy (non-hydrogen) atoms. The predicted molar refractivity (Wildman–Crippen MR) is 77.0 cm³/mol. The SMILES string of the molecule is N#CC(=CNc1ccc(Cn2cncn2)cc1)c1nn[nH]n1. The van der Waals surface area contributed by atoms with Crippen LogP contribution >= 0.6 is 0 Å². The zero-order valence-corrected chi connectivity index (χ0v) is 11.4. The Kier molecular flexibility index (Phi) is 3.83. The summed E-state index contributed by atoms with van der Waals surface area (Å²) in [7, 11) is 0. The number of rotatable bonds is 5. The highest BCUT2D eigenvalue weighted by atomic mass is 15.5. The molecule has 2 heterocycles. The maximum absolute atomic E-state index is 9.07. The highest BCUT2D eigenvalue weighted by molar-refractivity contribution is 5.73. The van der Waals surface area contributed by atoms with Gasteiger partial charge in [-0.15, -0.1) is 10.2 Å². The van der Waals surface area contributed by atoms with Crippen LogP contribution in [0.15, 0.2) is 43.1 Å². The number of aromatic nitrogens is 7. The predicted octanol–water partition coefficient (Wildman–Crippen LogP) is 0.816. The van der Waals surface area contributed by atoms with Crippen molar-refractivity contribution in [2.75, 3.05) is 5.32 Å². The summed E-state index contributed by atoms with van der Waals surface area (Å²) in [6.45, 7) is 0.655. The number of nitriles is 1. The van der Waals surface area contributed by atoms with Crippen LogP contribution < -0.4 is 5.32 Å². The molecule has 0 aliphatic carbocycles. The summed E-state index contributed by atoms with van der Waals surface area (Å²) in [5.41, 5.74) is 2.23. The minimum atomic E-state index is 0.248.